The Bertz CT molecular complexity index is 696. The molecule has 0 radical (unpaired) electrons. The average Bonchev–Trinajstić information content (AvgIpc) is 3.02. The van der Waals surface area contributed by atoms with Crippen molar-refractivity contribution in [3.05, 3.63) is 35.7 Å². The summed E-state index contributed by atoms with van der Waals surface area (Å²) in [6.45, 7) is 5.87. The molecule has 1 aliphatic rings. The van der Waals surface area contributed by atoms with Gasteiger partial charge in [0.15, 0.2) is 12.4 Å². The first-order valence-electron chi connectivity index (χ1n) is 7.92. The number of carbonyl (C=O) groups is 1. The summed E-state index contributed by atoms with van der Waals surface area (Å²) in [6, 6.07) is 8.14. The van der Waals surface area contributed by atoms with E-state index in [9.17, 15) is 4.79 Å². The number of anilines is 1. The van der Waals surface area contributed by atoms with Gasteiger partial charge in [0.25, 0.3) is 5.91 Å². The summed E-state index contributed by atoms with van der Waals surface area (Å²) in [5, 5.41) is 3.82. The van der Waals surface area contributed by atoms with Crippen LogP contribution in [0.15, 0.2) is 28.8 Å². The molecule has 0 bridgehead atoms. The maximum Gasteiger partial charge on any atom is 0.417 e. The van der Waals surface area contributed by atoms with E-state index >= 15 is 0 Å². The molecule has 0 fully saturated rings. The fraction of sp³-hybridized carbons (Fsp3) is 0.471. The number of amides is 1. The topological polar surface area (TPSA) is 68.5 Å². The lowest BCUT2D eigenvalue weighted by Gasteiger charge is -2.35. The summed E-state index contributed by atoms with van der Waals surface area (Å²) in [5.41, 5.74) is 2.16. The van der Waals surface area contributed by atoms with Crippen LogP contribution in [0.25, 0.3) is 0 Å². The van der Waals surface area contributed by atoms with Gasteiger partial charge in [-0.1, -0.05) is 37.2 Å². The smallest absolute Gasteiger partial charge is 0.417 e. The van der Waals surface area contributed by atoms with Crippen molar-refractivity contribution in [2.24, 2.45) is 0 Å². The Kier molecular flexibility index (Phi) is 4.32. The number of hydrogen-bond acceptors (Lipinski definition) is 5. The van der Waals surface area contributed by atoms with Gasteiger partial charge in [-0.05, 0) is 31.4 Å². The molecule has 1 atom stereocenters. The van der Waals surface area contributed by atoms with Crippen LogP contribution in [-0.2, 0) is 11.2 Å². The SMILES string of the molecule is CC(C)c1noc(OCC(=O)N2c3ccccc3CCC2C)n1. The van der Waals surface area contributed by atoms with Gasteiger partial charge in [-0.3, -0.25) is 9.32 Å². The van der Waals surface area contributed by atoms with Crippen LogP contribution in [-0.4, -0.2) is 28.7 Å². The highest BCUT2D eigenvalue weighted by atomic mass is 16.6. The van der Waals surface area contributed by atoms with Gasteiger partial charge in [0.05, 0.1) is 0 Å². The normalized spacial score (nSPS) is 17.2. The maximum absolute atomic E-state index is 12.6. The molecule has 1 aromatic heterocycles. The van der Waals surface area contributed by atoms with Gasteiger partial charge in [-0.15, -0.1) is 0 Å². The molecule has 0 N–H and O–H groups in total. The highest BCUT2D eigenvalue weighted by Gasteiger charge is 2.28. The Morgan fingerprint density at radius 1 is 1.43 bits per heavy atom. The number of hydrogen-bond donors (Lipinski definition) is 0. The predicted molar refractivity (Wildman–Crippen MR) is 85.6 cm³/mol. The van der Waals surface area contributed by atoms with Crippen molar-refractivity contribution < 1.29 is 14.1 Å². The zero-order valence-electron chi connectivity index (χ0n) is 13.7. The summed E-state index contributed by atoms with van der Waals surface area (Å²) in [6.07, 6.45) is 1.98. The lowest BCUT2D eigenvalue weighted by atomic mass is 9.96. The standard InChI is InChI=1S/C17H21N3O3/c1-11(2)16-18-17(23-19-16)22-10-15(21)20-12(3)8-9-13-6-4-5-7-14(13)20/h4-7,11-12H,8-10H2,1-3H3. The second kappa shape index (κ2) is 6.40. The van der Waals surface area contributed by atoms with E-state index in [1.807, 2.05) is 32.0 Å². The van der Waals surface area contributed by atoms with Crippen molar-refractivity contribution in [2.75, 3.05) is 11.5 Å². The molecule has 0 saturated heterocycles. The molecule has 0 saturated carbocycles. The van der Waals surface area contributed by atoms with Crippen LogP contribution in [0.1, 0.15) is 44.5 Å². The Hall–Kier alpha value is -2.37. The third-order valence-electron chi connectivity index (χ3n) is 4.05. The zero-order chi connectivity index (χ0) is 16.4. The third-order valence-corrected chi connectivity index (χ3v) is 4.05. The van der Waals surface area contributed by atoms with Crippen molar-refractivity contribution in [1.29, 1.82) is 0 Å². The minimum atomic E-state index is -0.113. The number of fused-ring (bicyclic) bond motifs is 1. The van der Waals surface area contributed by atoms with Crippen LogP contribution in [0.5, 0.6) is 6.08 Å². The van der Waals surface area contributed by atoms with E-state index in [2.05, 4.69) is 23.1 Å². The first-order chi connectivity index (χ1) is 11.1. The highest BCUT2D eigenvalue weighted by molar-refractivity contribution is 5.96. The molecular weight excluding hydrogens is 294 g/mol. The summed E-state index contributed by atoms with van der Waals surface area (Å²) in [7, 11) is 0. The summed E-state index contributed by atoms with van der Waals surface area (Å²) in [5.74, 6) is 0.624. The van der Waals surface area contributed by atoms with Gasteiger partial charge in [0.2, 0.25) is 0 Å². The molecule has 0 aliphatic carbocycles. The molecule has 0 spiro atoms. The molecule has 2 aromatic rings. The summed E-state index contributed by atoms with van der Waals surface area (Å²) in [4.78, 5) is 18.5. The van der Waals surface area contributed by atoms with Gasteiger partial charge < -0.3 is 9.64 Å². The van der Waals surface area contributed by atoms with Crippen molar-refractivity contribution in [3.63, 3.8) is 0 Å². The third kappa shape index (κ3) is 3.21. The van der Waals surface area contributed by atoms with Crippen LogP contribution in [0, 0.1) is 0 Å². The van der Waals surface area contributed by atoms with E-state index in [0.29, 0.717) is 5.82 Å². The van der Waals surface area contributed by atoms with Crippen molar-refractivity contribution in [3.8, 4) is 6.08 Å². The quantitative estimate of drug-likeness (QED) is 0.867. The number of nitrogens with zero attached hydrogens (tertiary/aromatic N) is 3. The Morgan fingerprint density at radius 2 is 2.22 bits per heavy atom. The van der Waals surface area contributed by atoms with Gasteiger partial charge in [0.1, 0.15) is 0 Å². The van der Waals surface area contributed by atoms with Crippen LogP contribution in [0.4, 0.5) is 5.69 Å². The van der Waals surface area contributed by atoms with E-state index in [4.69, 9.17) is 9.26 Å². The number of ether oxygens (including phenoxy) is 1. The van der Waals surface area contributed by atoms with Gasteiger partial charge in [-0.25, -0.2) is 0 Å². The molecule has 1 aromatic carbocycles. The minimum Gasteiger partial charge on any atom is -0.439 e. The molecule has 1 aliphatic heterocycles. The number of rotatable bonds is 4. The van der Waals surface area contributed by atoms with Crippen molar-refractivity contribution >= 4 is 11.6 Å². The first-order valence-corrected chi connectivity index (χ1v) is 7.92. The van der Waals surface area contributed by atoms with E-state index in [1.165, 1.54) is 5.56 Å². The van der Waals surface area contributed by atoms with E-state index in [0.717, 1.165) is 18.5 Å². The number of carbonyl (C=O) groups excluding carboxylic acids is 1. The van der Waals surface area contributed by atoms with Crippen LogP contribution in [0.3, 0.4) is 0 Å². The average molecular weight is 315 g/mol. The van der Waals surface area contributed by atoms with E-state index in [1.54, 1.807) is 4.90 Å². The fourth-order valence-corrected chi connectivity index (χ4v) is 2.77. The molecule has 23 heavy (non-hydrogen) atoms. The van der Waals surface area contributed by atoms with Crippen LogP contribution < -0.4 is 9.64 Å². The minimum absolute atomic E-state index is 0.0417. The lowest BCUT2D eigenvalue weighted by molar-refractivity contribution is -0.121. The first kappa shape index (κ1) is 15.5. The zero-order valence-corrected chi connectivity index (χ0v) is 13.7. The van der Waals surface area contributed by atoms with Crippen molar-refractivity contribution in [2.45, 2.75) is 45.6 Å². The molecule has 122 valence electrons. The fourth-order valence-electron chi connectivity index (χ4n) is 2.77. The predicted octanol–water partition coefficient (Wildman–Crippen LogP) is 2.94. The lowest BCUT2D eigenvalue weighted by Crippen LogP contribution is -2.44. The number of aromatic nitrogens is 2. The van der Waals surface area contributed by atoms with E-state index in [-0.39, 0.29) is 30.6 Å². The number of para-hydroxylation sites is 1. The Balaban J connectivity index is 1.70. The Labute approximate surface area is 135 Å². The highest BCUT2D eigenvalue weighted by Crippen LogP contribution is 2.30. The summed E-state index contributed by atoms with van der Waals surface area (Å²) < 4.78 is 10.4. The Morgan fingerprint density at radius 3 is 2.96 bits per heavy atom. The van der Waals surface area contributed by atoms with Gasteiger partial charge >= 0.3 is 6.08 Å². The number of benzene rings is 1. The maximum atomic E-state index is 12.6. The molecular formula is C17H21N3O3. The molecule has 6 nitrogen and oxygen atoms in total. The second-order valence-corrected chi connectivity index (χ2v) is 6.14. The molecule has 1 unspecified atom stereocenters. The van der Waals surface area contributed by atoms with Crippen LogP contribution in [0.2, 0.25) is 0 Å². The molecule has 6 heteroatoms. The van der Waals surface area contributed by atoms with E-state index < -0.39 is 0 Å². The van der Waals surface area contributed by atoms with Gasteiger partial charge in [-0.2, -0.15) is 4.98 Å². The molecule has 1 amide bonds. The summed E-state index contributed by atoms with van der Waals surface area (Å²) >= 11 is 0. The van der Waals surface area contributed by atoms with Gasteiger partial charge in [0, 0.05) is 17.6 Å². The van der Waals surface area contributed by atoms with Crippen molar-refractivity contribution in [1.82, 2.24) is 10.1 Å². The van der Waals surface area contributed by atoms with Crippen LogP contribution >= 0.6 is 0 Å². The second-order valence-electron chi connectivity index (χ2n) is 6.14. The largest absolute Gasteiger partial charge is 0.439 e. The molecule has 3 rings (SSSR count). The molecule has 2 heterocycles. The monoisotopic (exact) mass is 315 g/mol. The number of aryl methyl sites for hydroxylation is 1.